The Morgan fingerprint density at radius 1 is 1.19 bits per heavy atom. The zero-order valence-corrected chi connectivity index (χ0v) is 12.1. The van der Waals surface area contributed by atoms with E-state index in [1.807, 2.05) is 31.2 Å². The fourth-order valence-corrected chi connectivity index (χ4v) is 2.02. The van der Waals surface area contributed by atoms with Crippen molar-refractivity contribution < 1.29 is 14.0 Å². The first-order valence-electron chi connectivity index (χ1n) is 6.75. The maximum Gasteiger partial charge on any atom is 0.291 e. The second-order valence-electron chi connectivity index (χ2n) is 4.72. The molecule has 1 heterocycles. The lowest BCUT2D eigenvalue weighted by Gasteiger charge is -2.10. The predicted molar refractivity (Wildman–Crippen MR) is 80.2 cm³/mol. The lowest BCUT2D eigenvalue weighted by atomic mass is 10.1. The second kappa shape index (κ2) is 6.74. The van der Waals surface area contributed by atoms with Crippen LogP contribution in [0.25, 0.3) is 0 Å². The van der Waals surface area contributed by atoms with Crippen molar-refractivity contribution in [3.63, 3.8) is 0 Å². The number of anilines is 1. The molecule has 21 heavy (non-hydrogen) atoms. The first-order valence-corrected chi connectivity index (χ1v) is 6.75. The minimum absolute atomic E-state index is 0.0296. The van der Waals surface area contributed by atoms with Crippen LogP contribution in [0.5, 0.6) is 0 Å². The van der Waals surface area contributed by atoms with Gasteiger partial charge in [0.1, 0.15) is 0 Å². The van der Waals surface area contributed by atoms with E-state index in [2.05, 4.69) is 10.6 Å². The van der Waals surface area contributed by atoms with E-state index in [1.165, 1.54) is 6.26 Å². The van der Waals surface area contributed by atoms with Crippen LogP contribution in [0.15, 0.2) is 41.0 Å². The largest absolute Gasteiger partial charge is 0.459 e. The Balaban J connectivity index is 2.11. The van der Waals surface area contributed by atoms with Gasteiger partial charge in [0.25, 0.3) is 5.91 Å². The fourth-order valence-electron chi connectivity index (χ4n) is 2.02. The van der Waals surface area contributed by atoms with E-state index in [0.29, 0.717) is 24.3 Å². The highest BCUT2D eigenvalue weighted by Gasteiger charge is 2.14. The van der Waals surface area contributed by atoms with E-state index in [9.17, 15) is 9.59 Å². The third kappa shape index (κ3) is 3.72. The van der Waals surface area contributed by atoms with Crippen LogP contribution in [-0.2, 0) is 11.2 Å². The van der Waals surface area contributed by atoms with Crippen LogP contribution in [0.3, 0.4) is 0 Å². The monoisotopic (exact) mass is 286 g/mol. The summed E-state index contributed by atoms with van der Waals surface area (Å²) in [6, 6.07) is 9.18. The second-order valence-corrected chi connectivity index (χ2v) is 4.72. The Hall–Kier alpha value is -2.56. The van der Waals surface area contributed by atoms with Gasteiger partial charge in [-0.15, -0.1) is 0 Å². The first kappa shape index (κ1) is 14.8. The summed E-state index contributed by atoms with van der Waals surface area (Å²) in [4.78, 5) is 23.5. The van der Waals surface area contributed by atoms with E-state index in [-0.39, 0.29) is 11.8 Å². The molecule has 0 aliphatic heterocycles. The molecule has 0 unspecified atom stereocenters. The number of amides is 2. The number of furan rings is 1. The zero-order chi connectivity index (χ0) is 15.2. The molecule has 0 atom stereocenters. The van der Waals surface area contributed by atoms with Gasteiger partial charge in [-0.3, -0.25) is 9.59 Å². The molecule has 0 saturated heterocycles. The molecule has 1 aromatic carbocycles. The van der Waals surface area contributed by atoms with E-state index >= 15 is 0 Å². The predicted octanol–water partition coefficient (Wildman–Crippen LogP) is 2.52. The molecule has 2 rings (SSSR count). The molecule has 0 aliphatic rings. The molecule has 110 valence electrons. The van der Waals surface area contributed by atoms with Crippen LogP contribution in [0.1, 0.15) is 28.1 Å². The molecule has 0 spiro atoms. The molecule has 5 heteroatoms. The maximum atomic E-state index is 12.2. The Labute approximate surface area is 123 Å². The third-order valence-electron chi connectivity index (χ3n) is 3.23. The lowest BCUT2D eigenvalue weighted by Crippen LogP contribution is -2.18. The Kier molecular flexibility index (Phi) is 4.77. The van der Waals surface area contributed by atoms with Gasteiger partial charge in [0.15, 0.2) is 5.76 Å². The first-order chi connectivity index (χ1) is 10.1. The molecular formula is C16H18N2O3. The molecule has 0 fully saturated rings. The van der Waals surface area contributed by atoms with Gasteiger partial charge in [-0.05, 0) is 31.0 Å². The minimum Gasteiger partial charge on any atom is -0.459 e. The summed E-state index contributed by atoms with van der Waals surface area (Å²) in [5.41, 5.74) is 2.40. The smallest absolute Gasteiger partial charge is 0.291 e. The molecule has 2 N–H and O–H groups in total. The standard InChI is InChI=1S/C16H18N2O3/c1-11-9-10-21-15(11)16(20)18-13-6-4-3-5-12(13)7-8-14(19)17-2/h3-6,9-10H,7-8H2,1-2H3,(H,17,19)(H,18,20). The summed E-state index contributed by atoms with van der Waals surface area (Å²) >= 11 is 0. The highest BCUT2D eigenvalue weighted by atomic mass is 16.3. The van der Waals surface area contributed by atoms with Crippen LogP contribution in [0.2, 0.25) is 0 Å². The number of nitrogens with one attached hydrogen (secondary N) is 2. The lowest BCUT2D eigenvalue weighted by molar-refractivity contribution is -0.120. The minimum atomic E-state index is -0.287. The van der Waals surface area contributed by atoms with Crippen molar-refractivity contribution in [3.8, 4) is 0 Å². The van der Waals surface area contributed by atoms with Crippen molar-refractivity contribution in [2.24, 2.45) is 0 Å². The third-order valence-corrected chi connectivity index (χ3v) is 3.23. The Morgan fingerprint density at radius 3 is 2.62 bits per heavy atom. The number of rotatable bonds is 5. The highest BCUT2D eigenvalue weighted by Crippen LogP contribution is 2.19. The number of para-hydroxylation sites is 1. The van der Waals surface area contributed by atoms with E-state index in [1.54, 1.807) is 13.1 Å². The summed E-state index contributed by atoms with van der Waals surface area (Å²) in [5, 5.41) is 5.42. The number of hydrogen-bond acceptors (Lipinski definition) is 3. The van der Waals surface area contributed by atoms with Crippen molar-refractivity contribution in [2.75, 3.05) is 12.4 Å². The van der Waals surface area contributed by atoms with Gasteiger partial charge in [-0.2, -0.15) is 0 Å². The number of aryl methyl sites for hydroxylation is 2. The Bertz CT molecular complexity index is 646. The molecule has 0 bridgehead atoms. The van der Waals surface area contributed by atoms with E-state index < -0.39 is 0 Å². The summed E-state index contributed by atoms with van der Waals surface area (Å²) in [6.07, 6.45) is 2.43. The quantitative estimate of drug-likeness (QED) is 0.887. The molecule has 2 amide bonds. The Morgan fingerprint density at radius 2 is 1.95 bits per heavy atom. The van der Waals surface area contributed by atoms with E-state index in [0.717, 1.165) is 11.1 Å². The van der Waals surface area contributed by atoms with Crippen molar-refractivity contribution in [3.05, 3.63) is 53.5 Å². The average Bonchev–Trinajstić information content (AvgIpc) is 2.92. The number of carbonyl (C=O) groups excluding carboxylic acids is 2. The van der Waals surface area contributed by atoms with Crippen molar-refractivity contribution in [1.82, 2.24) is 5.32 Å². The van der Waals surface area contributed by atoms with Crippen LogP contribution < -0.4 is 10.6 Å². The fraction of sp³-hybridized carbons (Fsp3) is 0.250. The SMILES string of the molecule is CNC(=O)CCc1ccccc1NC(=O)c1occc1C. The average molecular weight is 286 g/mol. The number of carbonyl (C=O) groups is 2. The molecule has 1 aromatic heterocycles. The van der Waals surface area contributed by atoms with Gasteiger partial charge in [0.2, 0.25) is 5.91 Å². The summed E-state index contributed by atoms with van der Waals surface area (Å²) in [6.45, 7) is 1.82. The highest BCUT2D eigenvalue weighted by molar-refractivity contribution is 6.03. The molecule has 0 radical (unpaired) electrons. The molecular weight excluding hydrogens is 268 g/mol. The normalized spacial score (nSPS) is 10.2. The van der Waals surface area contributed by atoms with Crippen LogP contribution in [-0.4, -0.2) is 18.9 Å². The van der Waals surface area contributed by atoms with Gasteiger partial charge in [0.05, 0.1) is 6.26 Å². The summed E-state index contributed by atoms with van der Waals surface area (Å²) in [7, 11) is 1.61. The van der Waals surface area contributed by atoms with Crippen LogP contribution in [0, 0.1) is 6.92 Å². The molecule has 0 aliphatic carbocycles. The van der Waals surface area contributed by atoms with Crippen molar-refractivity contribution in [1.29, 1.82) is 0 Å². The van der Waals surface area contributed by atoms with Gasteiger partial charge in [0, 0.05) is 24.7 Å². The zero-order valence-electron chi connectivity index (χ0n) is 12.1. The van der Waals surface area contributed by atoms with Gasteiger partial charge in [-0.1, -0.05) is 18.2 Å². The maximum absolute atomic E-state index is 12.2. The number of hydrogen-bond donors (Lipinski definition) is 2. The van der Waals surface area contributed by atoms with Gasteiger partial charge in [-0.25, -0.2) is 0 Å². The topological polar surface area (TPSA) is 71.3 Å². The molecule has 5 nitrogen and oxygen atoms in total. The van der Waals surface area contributed by atoms with Crippen molar-refractivity contribution in [2.45, 2.75) is 19.8 Å². The summed E-state index contributed by atoms with van der Waals surface area (Å²) < 4.78 is 5.18. The van der Waals surface area contributed by atoms with Crippen molar-refractivity contribution >= 4 is 17.5 Å². The van der Waals surface area contributed by atoms with Crippen LogP contribution >= 0.6 is 0 Å². The summed E-state index contributed by atoms with van der Waals surface area (Å²) in [5.74, 6) is -0.0148. The van der Waals surface area contributed by atoms with Crippen LogP contribution in [0.4, 0.5) is 5.69 Å². The van der Waals surface area contributed by atoms with Gasteiger partial charge >= 0.3 is 0 Å². The van der Waals surface area contributed by atoms with E-state index in [4.69, 9.17) is 4.42 Å². The van der Waals surface area contributed by atoms with Gasteiger partial charge < -0.3 is 15.1 Å². The number of benzene rings is 1. The molecule has 0 saturated carbocycles. The molecule has 2 aromatic rings.